The number of aliphatic carboxylic acids is 1. The number of esters is 1. The molecule has 4 rings (SSSR count). The summed E-state index contributed by atoms with van der Waals surface area (Å²) in [6, 6.07) is 33.5. The van der Waals surface area contributed by atoms with Crippen LogP contribution in [0, 0.1) is 35.5 Å². The van der Waals surface area contributed by atoms with Gasteiger partial charge in [-0.25, -0.2) is 4.79 Å². The van der Waals surface area contributed by atoms with Crippen LogP contribution in [0.25, 0.3) is 0 Å². The molecule has 0 aliphatic carbocycles. The number of nitrogens with two attached hydrogens (primary N) is 1. The molecule has 7 N–H and O–H groups in total. The van der Waals surface area contributed by atoms with E-state index in [1.54, 1.807) is 18.7 Å². The lowest BCUT2D eigenvalue weighted by molar-refractivity contribution is -0.152. The van der Waals surface area contributed by atoms with Crippen LogP contribution in [0.5, 0.6) is 0 Å². The van der Waals surface area contributed by atoms with Crippen molar-refractivity contribution < 1.29 is 62.8 Å². The number of rotatable bonds is 39. The highest BCUT2D eigenvalue weighted by Crippen LogP contribution is 2.24. The van der Waals surface area contributed by atoms with Crippen molar-refractivity contribution >= 4 is 76.5 Å². The lowest BCUT2D eigenvalue weighted by Gasteiger charge is -2.25. The number of thioether (sulfide) groups is 2. The zero-order valence-corrected chi connectivity index (χ0v) is 52.0. The van der Waals surface area contributed by atoms with E-state index in [0.29, 0.717) is 43.6 Å². The number of carbonyl (C=O) groups excluding carboxylic acids is 8. The molecule has 4 aromatic rings. The number of benzene rings is 4. The Morgan fingerprint density at radius 2 is 0.859 bits per heavy atom. The number of hydrogen-bond donors (Lipinski definition) is 6. The summed E-state index contributed by atoms with van der Waals surface area (Å²) in [5.74, 6) is -5.26. The fourth-order valence-electron chi connectivity index (χ4n) is 9.48. The summed E-state index contributed by atoms with van der Waals surface area (Å²) in [5, 5.41) is 27.1. The summed E-state index contributed by atoms with van der Waals surface area (Å²) in [7, 11) is 0. The van der Waals surface area contributed by atoms with Crippen molar-refractivity contribution in [1.82, 2.24) is 16.0 Å². The van der Waals surface area contributed by atoms with Gasteiger partial charge >= 0.3 is 18.0 Å². The van der Waals surface area contributed by atoms with Gasteiger partial charge in [0.2, 0.25) is 11.8 Å². The molecule has 0 aromatic heterocycles. The van der Waals surface area contributed by atoms with Crippen molar-refractivity contribution in [3.8, 4) is 0 Å². The highest BCUT2D eigenvalue weighted by Gasteiger charge is 2.34. The molecule has 0 aliphatic heterocycles. The fourth-order valence-corrected chi connectivity index (χ4v) is 10.4. The van der Waals surface area contributed by atoms with Gasteiger partial charge in [0.1, 0.15) is 13.2 Å². The maximum atomic E-state index is 14.0. The second kappa shape index (κ2) is 40.6. The standard InChI is InChI=1S/C41H52N2O7S.C25H38N2O6S/c1-5-35(43-41(48)50-28-32-19-13-8-14-20-32)37(44)25-33(24-30-15-9-6-10-16-30)39(46)42-36(21-22-51-4)38(45)26-34(23-29(2)3)40(47)49-27-31-17-11-7-12-18-31;1-16(2)11-19(25(32)33)14-23(30)21(9-10-34-3)27-24(31)18(13-22(29)20(26)15-28)12-17-7-5-4-6-8-17/h6-20,29,33-36H,5,21-28H2,1-4H3,(H,42,46)(H,43,48);4-8,16,18-21,28H,9-15,26H2,1-3H3,(H,27,31)(H,32,33)/t33-,34-,35+,36+;18-,19-,20+,21+/m11/s1. The minimum atomic E-state index is -1.08. The van der Waals surface area contributed by atoms with E-state index in [0.717, 1.165) is 22.3 Å². The van der Waals surface area contributed by atoms with E-state index in [-0.39, 0.29) is 80.9 Å². The third-order valence-corrected chi connectivity index (χ3v) is 15.4. The fraction of sp³-hybridized carbons (Fsp3) is 0.500. The summed E-state index contributed by atoms with van der Waals surface area (Å²) in [5.41, 5.74) is 9.03. The zero-order chi connectivity index (χ0) is 62.7. The molecule has 8 atom stereocenters. The van der Waals surface area contributed by atoms with Crippen LogP contribution in [0.2, 0.25) is 0 Å². The van der Waals surface area contributed by atoms with E-state index in [9.17, 15) is 53.4 Å². The minimum Gasteiger partial charge on any atom is -0.481 e. The number of Topliss-reactive ketones (excluding diaryl/α,β-unsaturated/α-hetero) is 4. The van der Waals surface area contributed by atoms with Crippen molar-refractivity contribution in [3.63, 3.8) is 0 Å². The van der Waals surface area contributed by atoms with E-state index in [1.165, 1.54) is 11.8 Å². The summed E-state index contributed by atoms with van der Waals surface area (Å²) < 4.78 is 11.0. The smallest absolute Gasteiger partial charge is 0.408 e. The van der Waals surface area contributed by atoms with E-state index in [4.69, 9.17) is 15.2 Å². The summed E-state index contributed by atoms with van der Waals surface area (Å²) >= 11 is 3.07. The molecule has 0 fully saturated rings. The van der Waals surface area contributed by atoms with Gasteiger partial charge in [0.15, 0.2) is 23.1 Å². The van der Waals surface area contributed by atoms with E-state index in [2.05, 4.69) is 16.0 Å². The van der Waals surface area contributed by atoms with Gasteiger partial charge in [0, 0.05) is 37.5 Å². The van der Waals surface area contributed by atoms with Crippen molar-refractivity contribution in [2.75, 3.05) is 30.6 Å². The second-order valence-corrected chi connectivity index (χ2v) is 24.2. The highest BCUT2D eigenvalue weighted by atomic mass is 32.2. The molecule has 0 spiro atoms. The molecule has 0 saturated heterocycles. The maximum Gasteiger partial charge on any atom is 0.408 e. The van der Waals surface area contributed by atoms with Gasteiger partial charge in [-0.2, -0.15) is 23.5 Å². The number of ketones is 4. The first kappa shape index (κ1) is 72.6. The highest BCUT2D eigenvalue weighted by molar-refractivity contribution is 7.98. The predicted octanol–water partition coefficient (Wildman–Crippen LogP) is 9.18. The Morgan fingerprint density at radius 3 is 1.25 bits per heavy atom. The average Bonchev–Trinajstić information content (AvgIpc) is 3.70. The Hall–Kier alpha value is -6.67. The Bertz CT molecular complexity index is 2670. The summed E-state index contributed by atoms with van der Waals surface area (Å²) in [6.45, 7) is 9.21. The molecule has 0 radical (unpaired) electrons. The number of amides is 3. The molecule has 4 aromatic carbocycles. The molecule has 85 heavy (non-hydrogen) atoms. The molecule has 19 heteroatoms. The molecule has 0 heterocycles. The van der Waals surface area contributed by atoms with Gasteiger partial charge in [0.05, 0.1) is 42.6 Å². The molecule has 0 unspecified atom stereocenters. The number of ether oxygens (including phenoxy) is 2. The van der Waals surface area contributed by atoms with Gasteiger partial charge in [-0.3, -0.25) is 38.4 Å². The number of alkyl carbamates (subject to hydrolysis) is 1. The van der Waals surface area contributed by atoms with Crippen LogP contribution in [-0.2, 0) is 73.9 Å². The van der Waals surface area contributed by atoms with Crippen molar-refractivity contribution in [2.45, 2.75) is 143 Å². The Labute approximate surface area is 510 Å². The quantitative estimate of drug-likeness (QED) is 0.0227. The molecular formula is C66H90N4O13S2. The third kappa shape index (κ3) is 28.9. The van der Waals surface area contributed by atoms with Gasteiger partial charge in [-0.1, -0.05) is 156 Å². The summed E-state index contributed by atoms with van der Waals surface area (Å²) in [6.07, 6.45) is 4.95. The predicted molar refractivity (Wildman–Crippen MR) is 334 cm³/mol. The van der Waals surface area contributed by atoms with E-state index < -0.39 is 90.1 Å². The van der Waals surface area contributed by atoms with Crippen LogP contribution in [0.1, 0.15) is 115 Å². The number of hydrogen-bond acceptors (Lipinski definition) is 15. The molecule has 3 amide bonds. The van der Waals surface area contributed by atoms with Crippen LogP contribution in [0.3, 0.4) is 0 Å². The number of aliphatic hydroxyl groups is 1. The van der Waals surface area contributed by atoms with E-state index >= 15 is 0 Å². The van der Waals surface area contributed by atoms with Crippen molar-refractivity contribution in [2.24, 2.45) is 41.2 Å². The normalized spacial score (nSPS) is 13.9. The SMILES string of the molecule is CC[C@H](NC(=O)OCc1ccccc1)C(=O)C[C@@H](Cc1ccccc1)C(=O)N[C@@H](CCSC)C(=O)C[C@@H](CC(C)C)C(=O)OCc1ccccc1.CSCC[C@H](NC(=O)[C@@H](CC(=O)[C@@H](N)CO)Cc1ccccc1)C(=O)C[C@@H](CC(C)C)C(=O)O. The van der Waals surface area contributed by atoms with Gasteiger partial charge in [-0.05, 0) is 103 Å². The first-order valence-electron chi connectivity index (χ1n) is 29.2. The number of carboxylic acids is 1. The Balaban J connectivity index is 0.000000484. The number of carbonyl (C=O) groups is 9. The average molecular weight is 1210 g/mol. The zero-order valence-electron chi connectivity index (χ0n) is 50.4. The molecule has 0 bridgehead atoms. The molecule has 17 nitrogen and oxygen atoms in total. The number of aliphatic hydroxyl groups excluding tert-OH is 1. The monoisotopic (exact) mass is 1210 g/mol. The molecule has 464 valence electrons. The molecule has 0 aliphatic rings. The lowest BCUT2D eigenvalue weighted by Crippen LogP contribution is -2.47. The van der Waals surface area contributed by atoms with Crippen LogP contribution in [0.4, 0.5) is 4.79 Å². The first-order chi connectivity index (χ1) is 40.7. The van der Waals surface area contributed by atoms with Crippen LogP contribution < -0.4 is 21.7 Å². The summed E-state index contributed by atoms with van der Waals surface area (Å²) in [4.78, 5) is 118. The minimum absolute atomic E-state index is 0.0601. The number of nitrogens with one attached hydrogen (secondary N) is 3. The first-order valence-corrected chi connectivity index (χ1v) is 32.0. The Kier molecular flexibility index (Phi) is 34.7. The van der Waals surface area contributed by atoms with Crippen molar-refractivity contribution in [3.05, 3.63) is 144 Å². The van der Waals surface area contributed by atoms with Crippen LogP contribution in [0.15, 0.2) is 121 Å². The molecular weight excluding hydrogens is 1120 g/mol. The van der Waals surface area contributed by atoms with Gasteiger partial charge in [0.25, 0.3) is 0 Å². The number of carboxylic acid groups (broad SMARTS) is 1. The van der Waals surface area contributed by atoms with Crippen molar-refractivity contribution in [1.29, 1.82) is 0 Å². The lowest BCUT2D eigenvalue weighted by atomic mass is 9.88. The largest absolute Gasteiger partial charge is 0.481 e. The topological polar surface area (TPSA) is 275 Å². The van der Waals surface area contributed by atoms with Gasteiger partial charge < -0.3 is 41.4 Å². The second-order valence-electron chi connectivity index (χ2n) is 22.2. The van der Waals surface area contributed by atoms with Gasteiger partial charge in [-0.15, -0.1) is 0 Å². The molecule has 0 saturated carbocycles. The van der Waals surface area contributed by atoms with E-state index in [1.807, 2.05) is 162 Å². The third-order valence-electron chi connectivity index (χ3n) is 14.1. The van der Waals surface area contributed by atoms with Crippen LogP contribution in [-0.4, -0.2) is 118 Å². The Morgan fingerprint density at radius 1 is 0.494 bits per heavy atom. The maximum absolute atomic E-state index is 14.0. The van der Waals surface area contributed by atoms with Crippen LogP contribution >= 0.6 is 23.5 Å².